The summed E-state index contributed by atoms with van der Waals surface area (Å²) in [6, 6.07) is 13.9. The summed E-state index contributed by atoms with van der Waals surface area (Å²) in [6.45, 7) is 4.38. The van der Waals surface area contributed by atoms with Crippen molar-refractivity contribution in [3.63, 3.8) is 0 Å². The Morgan fingerprint density at radius 1 is 1.05 bits per heavy atom. The van der Waals surface area contributed by atoms with Gasteiger partial charge in [0.25, 0.3) is 0 Å². The molecule has 0 saturated carbocycles. The molecule has 1 amide bonds. The number of anilines is 2. The van der Waals surface area contributed by atoms with Crippen LogP contribution in [0.4, 0.5) is 11.4 Å². The Kier molecular flexibility index (Phi) is 4.95. The average Bonchev–Trinajstić information content (AvgIpc) is 2.44. The van der Waals surface area contributed by atoms with Gasteiger partial charge in [-0.3, -0.25) is 4.79 Å². The van der Waals surface area contributed by atoms with Crippen molar-refractivity contribution in [2.24, 2.45) is 0 Å². The molecule has 0 radical (unpaired) electrons. The topological polar surface area (TPSA) is 61.4 Å². The zero-order chi connectivity index (χ0) is 15.2. The minimum atomic E-state index is -0.514. The molecule has 0 aliphatic carbocycles. The molecule has 2 rings (SSSR count). The average molecular weight is 284 g/mol. The third kappa shape index (κ3) is 4.61. The normalized spacial score (nSPS) is 10.2. The fourth-order valence-corrected chi connectivity index (χ4v) is 2.28. The van der Waals surface area contributed by atoms with Crippen LogP contribution in [-0.2, 0) is 11.3 Å². The Labute approximate surface area is 124 Å². The minimum Gasteiger partial charge on any atom is -0.387 e. The first kappa shape index (κ1) is 15.1. The molecule has 0 aliphatic rings. The number of aryl methyl sites for hydroxylation is 2. The zero-order valence-corrected chi connectivity index (χ0v) is 12.3. The van der Waals surface area contributed by atoms with Gasteiger partial charge in [0.1, 0.15) is 6.61 Å². The van der Waals surface area contributed by atoms with E-state index in [9.17, 15) is 4.79 Å². The van der Waals surface area contributed by atoms with E-state index in [0.29, 0.717) is 5.69 Å². The van der Waals surface area contributed by atoms with E-state index in [1.807, 2.05) is 18.2 Å². The molecular weight excluding hydrogens is 264 g/mol. The largest absolute Gasteiger partial charge is 0.387 e. The molecule has 2 aromatic rings. The third-order valence-corrected chi connectivity index (χ3v) is 3.07. The van der Waals surface area contributed by atoms with Gasteiger partial charge in [-0.05, 0) is 37.6 Å². The summed E-state index contributed by atoms with van der Waals surface area (Å²) in [6.07, 6.45) is 0. The van der Waals surface area contributed by atoms with Crippen LogP contribution in [0.2, 0.25) is 0 Å². The Morgan fingerprint density at radius 2 is 1.71 bits per heavy atom. The molecular formula is C17H20N2O2. The number of aliphatic hydroxyl groups excluding tert-OH is 1. The van der Waals surface area contributed by atoms with Gasteiger partial charge in [-0.15, -0.1) is 0 Å². The molecule has 0 bridgehead atoms. The fourth-order valence-electron chi connectivity index (χ4n) is 2.28. The lowest BCUT2D eigenvalue weighted by Crippen LogP contribution is -2.15. The molecule has 4 heteroatoms. The number of benzene rings is 2. The summed E-state index contributed by atoms with van der Waals surface area (Å²) in [5, 5.41) is 14.7. The zero-order valence-electron chi connectivity index (χ0n) is 12.3. The first-order chi connectivity index (χ1) is 10.1. The van der Waals surface area contributed by atoms with Crippen LogP contribution in [0.1, 0.15) is 16.7 Å². The lowest BCUT2D eigenvalue weighted by atomic mass is 10.1. The molecule has 4 nitrogen and oxygen atoms in total. The number of amides is 1. The number of carbonyl (C=O) groups is 1. The quantitative estimate of drug-likeness (QED) is 0.791. The van der Waals surface area contributed by atoms with Crippen molar-refractivity contribution in [1.29, 1.82) is 0 Å². The van der Waals surface area contributed by atoms with Crippen molar-refractivity contribution in [1.82, 2.24) is 0 Å². The van der Waals surface area contributed by atoms with E-state index in [0.717, 1.165) is 12.2 Å². The van der Waals surface area contributed by atoms with Crippen LogP contribution in [0.15, 0.2) is 42.5 Å². The van der Waals surface area contributed by atoms with Gasteiger partial charge in [-0.1, -0.05) is 35.4 Å². The SMILES string of the molecule is Cc1cc(C)cc(CNc2cccc(NC(=O)CO)c2)c1. The van der Waals surface area contributed by atoms with Crippen molar-refractivity contribution in [2.45, 2.75) is 20.4 Å². The van der Waals surface area contributed by atoms with E-state index in [1.165, 1.54) is 16.7 Å². The third-order valence-electron chi connectivity index (χ3n) is 3.07. The monoisotopic (exact) mass is 284 g/mol. The number of hydrogen-bond acceptors (Lipinski definition) is 3. The van der Waals surface area contributed by atoms with E-state index in [2.05, 4.69) is 42.7 Å². The fraction of sp³-hybridized carbons (Fsp3) is 0.235. The van der Waals surface area contributed by atoms with Crippen LogP contribution in [0.25, 0.3) is 0 Å². The smallest absolute Gasteiger partial charge is 0.250 e. The molecule has 0 heterocycles. The van der Waals surface area contributed by atoms with Gasteiger partial charge in [-0.2, -0.15) is 0 Å². The Bertz CT molecular complexity index is 618. The van der Waals surface area contributed by atoms with Crippen LogP contribution in [0.5, 0.6) is 0 Å². The molecule has 0 fully saturated rings. The maximum Gasteiger partial charge on any atom is 0.250 e. The van der Waals surface area contributed by atoms with Gasteiger partial charge in [0.2, 0.25) is 5.91 Å². The highest BCUT2D eigenvalue weighted by Crippen LogP contribution is 2.17. The number of hydrogen-bond donors (Lipinski definition) is 3. The number of carbonyl (C=O) groups excluding carboxylic acids is 1. The van der Waals surface area contributed by atoms with Gasteiger partial charge in [0.05, 0.1) is 0 Å². The van der Waals surface area contributed by atoms with Crippen LogP contribution in [-0.4, -0.2) is 17.6 Å². The molecule has 0 spiro atoms. The van der Waals surface area contributed by atoms with Crippen molar-refractivity contribution < 1.29 is 9.90 Å². The van der Waals surface area contributed by atoms with Crippen molar-refractivity contribution in [3.05, 3.63) is 59.2 Å². The van der Waals surface area contributed by atoms with Crippen molar-refractivity contribution in [2.75, 3.05) is 17.2 Å². The summed E-state index contributed by atoms with van der Waals surface area (Å²) in [5.74, 6) is -0.415. The summed E-state index contributed by atoms with van der Waals surface area (Å²) in [5.41, 5.74) is 5.30. The molecule has 110 valence electrons. The first-order valence-corrected chi connectivity index (χ1v) is 6.88. The standard InChI is InChI=1S/C17H20N2O2/c1-12-6-13(2)8-14(7-12)10-18-15-4-3-5-16(9-15)19-17(21)11-20/h3-9,18,20H,10-11H2,1-2H3,(H,19,21). The molecule has 21 heavy (non-hydrogen) atoms. The predicted octanol–water partition coefficient (Wildman–Crippen LogP) is 2.85. The van der Waals surface area contributed by atoms with Crippen LogP contribution >= 0.6 is 0 Å². The number of nitrogens with one attached hydrogen (secondary N) is 2. The van der Waals surface area contributed by atoms with Gasteiger partial charge < -0.3 is 15.7 Å². The van der Waals surface area contributed by atoms with E-state index in [1.54, 1.807) is 6.07 Å². The minimum absolute atomic E-state index is 0.415. The van der Waals surface area contributed by atoms with Gasteiger partial charge >= 0.3 is 0 Å². The van der Waals surface area contributed by atoms with Gasteiger partial charge in [0, 0.05) is 17.9 Å². The molecule has 3 N–H and O–H groups in total. The lowest BCUT2D eigenvalue weighted by molar-refractivity contribution is -0.118. The molecule has 0 atom stereocenters. The maximum absolute atomic E-state index is 11.2. The van der Waals surface area contributed by atoms with Crippen molar-refractivity contribution >= 4 is 17.3 Å². The van der Waals surface area contributed by atoms with Crippen molar-refractivity contribution in [3.8, 4) is 0 Å². The second-order valence-electron chi connectivity index (χ2n) is 5.14. The van der Waals surface area contributed by atoms with E-state index in [-0.39, 0.29) is 0 Å². The van der Waals surface area contributed by atoms with Crippen LogP contribution < -0.4 is 10.6 Å². The molecule has 0 unspecified atom stereocenters. The summed E-state index contributed by atoms with van der Waals surface area (Å²) >= 11 is 0. The lowest BCUT2D eigenvalue weighted by Gasteiger charge is -2.10. The Morgan fingerprint density at radius 3 is 2.38 bits per heavy atom. The summed E-state index contributed by atoms with van der Waals surface area (Å²) in [4.78, 5) is 11.2. The van der Waals surface area contributed by atoms with Crippen LogP contribution in [0, 0.1) is 13.8 Å². The predicted molar refractivity (Wildman–Crippen MR) is 85.4 cm³/mol. The summed E-state index contributed by atoms with van der Waals surface area (Å²) in [7, 11) is 0. The number of rotatable bonds is 5. The molecule has 0 saturated heterocycles. The van der Waals surface area contributed by atoms with E-state index < -0.39 is 12.5 Å². The Balaban J connectivity index is 2.02. The van der Waals surface area contributed by atoms with E-state index in [4.69, 9.17) is 5.11 Å². The highest BCUT2D eigenvalue weighted by Gasteiger charge is 2.01. The Hall–Kier alpha value is -2.33. The van der Waals surface area contributed by atoms with Crippen LogP contribution in [0.3, 0.4) is 0 Å². The van der Waals surface area contributed by atoms with Gasteiger partial charge in [0.15, 0.2) is 0 Å². The number of aliphatic hydroxyl groups is 1. The molecule has 2 aromatic carbocycles. The van der Waals surface area contributed by atoms with Gasteiger partial charge in [-0.25, -0.2) is 0 Å². The summed E-state index contributed by atoms with van der Waals surface area (Å²) < 4.78 is 0. The highest BCUT2D eigenvalue weighted by atomic mass is 16.3. The molecule has 0 aromatic heterocycles. The maximum atomic E-state index is 11.2. The molecule has 0 aliphatic heterocycles. The second-order valence-corrected chi connectivity index (χ2v) is 5.14. The first-order valence-electron chi connectivity index (χ1n) is 6.88. The van der Waals surface area contributed by atoms with E-state index >= 15 is 0 Å². The second kappa shape index (κ2) is 6.90. The highest BCUT2D eigenvalue weighted by molar-refractivity contribution is 5.91.